The van der Waals surface area contributed by atoms with Gasteiger partial charge in [-0.3, -0.25) is 4.79 Å². The van der Waals surface area contributed by atoms with Gasteiger partial charge in [-0.1, -0.05) is 12.1 Å². The fourth-order valence-corrected chi connectivity index (χ4v) is 2.72. The van der Waals surface area contributed by atoms with Gasteiger partial charge in [-0.05, 0) is 25.8 Å². The number of nitrogens with one attached hydrogen (secondary N) is 2. The highest BCUT2D eigenvalue weighted by molar-refractivity contribution is 5.56. The van der Waals surface area contributed by atoms with Crippen molar-refractivity contribution in [3.05, 3.63) is 63.7 Å². The molecule has 0 aliphatic carbocycles. The van der Waals surface area contributed by atoms with E-state index in [-0.39, 0.29) is 5.43 Å². The molecule has 0 radical (unpaired) electrons. The number of imidazole rings is 1. The molecular weight excluding hydrogens is 294 g/mol. The summed E-state index contributed by atoms with van der Waals surface area (Å²) in [5.41, 5.74) is 16.9. The predicted molar refractivity (Wildman–Crippen MR) is 86.8 cm³/mol. The highest BCUT2D eigenvalue weighted by atomic mass is 16.6. The maximum atomic E-state index is 11.4. The van der Waals surface area contributed by atoms with Crippen LogP contribution in [0, 0.1) is 12.5 Å². The van der Waals surface area contributed by atoms with Gasteiger partial charge < -0.3 is 20.0 Å². The number of hydrogen-bond acceptors (Lipinski definition) is 5. The Labute approximate surface area is 132 Å². The van der Waals surface area contributed by atoms with E-state index in [0.717, 1.165) is 29.0 Å². The first-order valence-electron chi connectivity index (χ1n) is 7.21. The molecule has 1 aromatic carbocycles. The van der Waals surface area contributed by atoms with Gasteiger partial charge in [0.1, 0.15) is 5.65 Å². The maximum absolute atomic E-state index is 11.4. The van der Waals surface area contributed by atoms with Crippen LogP contribution in [-0.2, 0) is 12.8 Å². The standard InChI is InChI=1S/C16H17N5O2/c1-10-14(19-15-9-12(22)7-8-21(10)15)6-5-11-3-2-4-13(17)16(11)23-20-18/h2-4,7-9,18-19H,5-6,17H2,1H3. The number of nitrogens with two attached hydrogens (primary N) is 1. The van der Waals surface area contributed by atoms with Crippen LogP contribution >= 0.6 is 0 Å². The van der Waals surface area contributed by atoms with Crippen molar-refractivity contribution in [2.75, 3.05) is 5.73 Å². The van der Waals surface area contributed by atoms with E-state index in [1.807, 2.05) is 23.5 Å². The number of anilines is 1. The first-order valence-corrected chi connectivity index (χ1v) is 7.21. The number of H-pyrrole nitrogens is 1. The number of nitrogens with zero attached hydrogens (tertiary/aromatic N) is 2. The number of aromatic nitrogens is 2. The van der Waals surface area contributed by atoms with Gasteiger partial charge in [-0.2, -0.15) is 5.53 Å². The lowest BCUT2D eigenvalue weighted by molar-refractivity contribution is 0.297. The molecule has 23 heavy (non-hydrogen) atoms. The second kappa shape index (κ2) is 5.96. The Balaban J connectivity index is 1.89. The number of pyridine rings is 1. The van der Waals surface area contributed by atoms with Crippen LogP contribution in [0.3, 0.4) is 0 Å². The fourth-order valence-electron chi connectivity index (χ4n) is 2.72. The van der Waals surface area contributed by atoms with Crippen molar-refractivity contribution in [2.45, 2.75) is 19.8 Å². The van der Waals surface area contributed by atoms with Gasteiger partial charge in [0.15, 0.2) is 11.2 Å². The molecule has 0 atom stereocenters. The number of aryl methyl sites for hydroxylation is 3. The first kappa shape index (κ1) is 14.8. The third-order valence-corrected chi connectivity index (χ3v) is 3.91. The summed E-state index contributed by atoms with van der Waals surface area (Å²) in [6.07, 6.45) is 3.16. The second-order valence-electron chi connectivity index (χ2n) is 5.32. The number of hydrogen-bond donors (Lipinski definition) is 3. The molecule has 0 bridgehead atoms. The summed E-state index contributed by atoms with van der Waals surface area (Å²) in [7, 11) is 0. The number of aromatic amines is 1. The van der Waals surface area contributed by atoms with Crippen LogP contribution in [0.4, 0.5) is 5.69 Å². The number of para-hydroxylation sites is 1. The van der Waals surface area contributed by atoms with E-state index in [2.05, 4.69) is 10.3 Å². The minimum atomic E-state index is -0.0265. The summed E-state index contributed by atoms with van der Waals surface area (Å²) >= 11 is 0. The number of nitrogen functional groups attached to an aromatic ring is 1. The summed E-state index contributed by atoms with van der Waals surface area (Å²) in [6.45, 7) is 2.00. The Morgan fingerprint density at radius 1 is 1.35 bits per heavy atom. The molecule has 0 amide bonds. The topological polar surface area (TPSA) is 109 Å². The van der Waals surface area contributed by atoms with E-state index in [1.165, 1.54) is 6.07 Å². The summed E-state index contributed by atoms with van der Waals surface area (Å²) in [5, 5.41) is 2.97. The van der Waals surface area contributed by atoms with Crippen molar-refractivity contribution in [3.63, 3.8) is 0 Å². The van der Waals surface area contributed by atoms with Crippen molar-refractivity contribution < 1.29 is 4.84 Å². The van der Waals surface area contributed by atoms with Gasteiger partial charge in [-0.15, -0.1) is 0 Å². The molecule has 2 aromatic heterocycles. The van der Waals surface area contributed by atoms with Crippen molar-refractivity contribution in [1.82, 2.24) is 9.38 Å². The van der Waals surface area contributed by atoms with Crippen molar-refractivity contribution in [2.24, 2.45) is 5.28 Å². The summed E-state index contributed by atoms with van der Waals surface area (Å²) in [4.78, 5) is 19.7. The summed E-state index contributed by atoms with van der Waals surface area (Å²) in [5.74, 6) is 0.422. The smallest absolute Gasteiger partial charge is 0.185 e. The molecule has 2 heterocycles. The van der Waals surface area contributed by atoms with E-state index in [4.69, 9.17) is 16.1 Å². The van der Waals surface area contributed by atoms with Gasteiger partial charge in [0.25, 0.3) is 0 Å². The lowest BCUT2D eigenvalue weighted by Crippen LogP contribution is -2.00. The molecule has 0 aliphatic rings. The molecule has 4 N–H and O–H groups in total. The molecule has 7 heteroatoms. The van der Waals surface area contributed by atoms with Gasteiger partial charge >= 0.3 is 0 Å². The van der Waals surface area contributed by atoms with Crippen LogP contribution in [0.1, 0.15) is 17.0 Å². The highest BCUT2D eigenvalue weighted by Crippen LogP contribution is 2.28. The average Bonchev–Trinajstić information content (AvgIpc) is 2.83. The molecule has 3 rings (SSSR count). The molecule has 3 aromatic rings. The summed E-state index contributed by atoms with van der Waals surface area (Å²) < 4.78 is 1.95. The minimum Gasteiger partial charge on any atom is -0.396 e. The Bertz CT molecular complexity index is 926. The van der Waals surface area contributed by atoms with E-state index >= 15 is 0 Å². The monoisotopic (exact) mass is 311 g/mol. The molecular formula is C16H17N5O2. The highest BCUT2D eigenvalue weighted by Gasteiger charge is 2.11. The van der Waals surface area contributed by atoms with Crippen LogP contribution in [-0.4, -0.2) is 9.38 Å². The minimum absolute atomic E-state index is 0.0265. The van der Waals surface area contributed by atoms with Crippen molar-refractivity contribution >= 4 is 11.3 Å². The molecule has 0 spiro atoms. The van der Waals surface area contributed by atoms with E-state index in [0.29, 0.717) is 17.9 Å². The zero-order chi connectivity index (χ0) is 16.4. The third kappa shape index (κ3) is 2.80. The van der Waals surface area contributed by atoms with Crippen molar-refractivity contribution in [1.29, 1.82) is 5.53 Å². The number of benzene rings is 1. The van der Waals surface area contributed by atoms with Gasteiger partial charge in [0, 0.05) is 40.6 Å². The summed E-state index contributed by atoms with van der Waals surface area (Å²) in [6, 6.07) is 8.57. The van der Waals surface area contributed by atoms with Gasteiger partial charge in [0.05, 0.1) is 5.69 Å². The Kier molecular flexibility index (Phi) is 3.84. The van der Waals surface area contributed by atoms with Crippen LogP contribution in [0.5, 0.6) is 5.75 Å². The number of fused-ring (bicyclic) bond motifs is 1. The normalized spacial score (nSPS) is 10.8. The lowest BCUT2D eigenvalue weighted by Gasteiger charge is -2.08. The van der Waals surface area contributed by atoms with E-state index < -0.39 is 0 Å². The van der Waals surface area contributed by atoms with Crippen LogP contribution < -0.4 is 16.0 Å². The Morgan fingerprint density at radius 3 is 2.96 bits per heavy atom. The third-order valence-electron chi connectivity index (χ3n) is 3.91. The molecule has 0 saturated carbocycles. The van der Waals surface area contributed by atoms with Crippen LogP contribution in [0.25, 0.3) is 5.65 Å². The molecule has 7 nitrogen and oxygen atoms in total. The largest absolute Gasteiger partial charge is 0.396 e. The number of rotatable bonds is 5. The van der Waals surface area contributed by atoms with Gasteiger partial charge in [0.2, 0.25) is 0 Å². The maximum Gasteiger partial charge on any atom is 0.185 e. The Hall–Kier alpha value is -3.09. The first-order chi connectivity index (χ1) is 11.1. The van der Waals surface area contributed by atoms with Crippen molar-refractivity contribution in [3.8, 4) is 5.75 Å². The van der Waals surface area contributed by atoms with E-state index in [1.54, 1.807) is 18.3 Å². The Morgan fingerprint density at radius 2 is 2.17 bits per heavy atom. The van der Waals surface area contributed by atoms with Gasteiger partial charge in [-0.25, -0.2) is 0 Å². The molecule has 0 saturated heterocycles. The average molecular weight is 311 g/mol. The molecule has 0 unspecified atom stereocenters. The fraction of sp³-hybridized carbons (Fsp3) is 0.188. The zero-order valence-corrected chi connectivity index (χ0v) is 12.7. The van der Waals surface area contributed by atoms with Crippen LogP contribution in [0.15, 0.2) is 46.6 Å². The molecule has 118 valence electrons. The lowest BCUT2D eigenvalue weighted by atomic mass is 10.1. The molecule has 0 fully saturated rings. The predicted octanol–water partition coefficient (Wildman–Crippen LogP) is 2.63. The SMILES string of the molecule is Cc1c(CCc2cccc(N)c2ON=N)[nH]c2cc(=O)ccn12. The zero-order valence-electron chi connectivity index (χ0n) is 12.7. The van der Waals surface area contributed by atoms with E-state index in [9.17, 15) is 4.79 Å². The van der Waals surface area contributed by atoms with Crippen LogP contribution in [0.2, 0.25) is 0 Å². The quantitative estimate of drug-likeness (QED) is 0.383. The molecule has 0 aliphatic heterocycles. The second-order valence-corrected chi connectivity index (χ2v) is 5.32.